The highest BCUT2D eigenvalue weighted by Crippen LogP contribution is 2.25. The first-order valence-electron chi connectivity index (χ1n) is 11.2. The van der Waals surface area contributed by atoms with Crippen molar-refractivity contribution in [2.75, 3.05) is 38.5 Å². The number of aryl methyl sites for hydroxylation is 1. The average molecular weight is 452 g/mol. The summed E-state index contributed by atoms with van der Waals surface area (Å²) in [4.78, 5) is 30.0. The summed E-state index contributed by atoms with van der Waals surface area (Å²) in [7, 11) is 2.03. The topological polar surface area (TPSA) is 79.2 Å². The number of nitrogens with one attached hydrogen (secondary N) is 1. The molecular formula is C24H30FN7O. The van der Waals surface area contributed by atoms with Gasteiger partial charge in [-0.25, -0.2) is 19.3 Å². The number of anilines is 2. The Kier molecular flexibility index (Phi) is 6.69. The van der Waals surface area contributed by atoms with Crippen molar-refractivity contribution in [3.05, 3.63) is 53.9 Å². The number of halogens is 1. The van der Waals surface area contributed by atoms with Crippen molar-refractivity contribution in [2.24, 2.45) is 0 Å². The van der Waals surface area contributed by atoms with E-state index in [9.17, 15) is 9.18 Å². The van der Waals surface area contributed by atoms with Gasteiger partial charge in [0.05, 0.1) is 23.1 Å². The summed E-state index contributed by atoms with van der Waals surface area (Å²) < 4.78 is 17.0. The predicted octanol–water partition coefficient (Wildman–Crippen LogP) is 3.89. The Hall–Kier alpha value is -3.33. The van der Waals surface area contributed by atoms with Gasteiger partial charge in [-0.1, -0.05) is 0 Å². The molecule has 174 valence electrons. The Morgan fingerprint density at radius 1 is 1.12 bits per heavy atom. The predicted molar refractivity (Wildman–Crippen MR) is 126 cm³/mol. The third-order valence-electron chi connectivity index (χ3n) is 5.88. The second kappa shape index (κ2) is 9.66. The van der Waals surface area contributed by atoms with E-state index in [1.807, 2.05) is 20.0 Å². The zero-order valence-corrected chi connectivity index (χ0v) is 19.5. The van der Waals surface area contributed by atoms with Crippen LogP contribution >= 0.6 is 0 Å². The second-order valence-corrected chi connectivity index (χ2v) is 8.69. The number of rotatable bonds is 5. The van der Waals surface area contributed by atoms with Crippen molar-refractivity contribution < 1.29 is 9.18 Å². The number of likely N-dealkylation sites (N-methyl/N-ethyl adjacent to an activating group) is 1. The number of benzene rings is 1. The van der Waals surface area contributed by atoms with Gasteiger partial charge in [0.15, 0.2) is 0 Å². The van der Waals surface area contributed by atoms with Crippen LogP contribution in [0.4, 0.5) is 16.0 Å². The van der Waals surface area contributed by atoms with Gasteiger partial charge in [0, 0.05) is 37.6 Å². The molecule has 0 atom stereocenters. The van der Waals surface area contributed by atoms with Crippen LogP contribution in [0.15, 0.2) is 36.7 Å². The molecule has 0 spiro atoms. The van der Waals surface area contributed by atoms with Crippen molar-refractivity contribution >= 4 is 17.5 Å². The zero-order valence-electron chi connectivity index (χ0n) is 19.5. The first-order valence-corrected chi connectivity index (χ1v) is 11.2. The van der Waals surface area contributed by atoms with Gasteiger partial charge < -0.3 is 19.7 Å². The zero-order chi connectivity index (χ0) is 23.5. The lowest BCUT2D eigenvalue weighted by Crippen LogP contribution is -2.35. The molecule has 2 aromatic heterocycles. The Balaban J connectivity index is 1.52. The Morgan fingerprint density at radius 3 is 2.70 bits per heavy atom. The maximum Gasteiger partial charge on any atom is 0.256 e. The molecule has 0 aliphatic carbocycles. The maximum atomic E-state index is 14.9. The summed E-state index contributed by atoms with van der Waals surface area (Å²) in [6, 6.07) is 6.57. The number of imidazole rings is 1. The minimum Gasteiger partial charge on any atom is -0.337 e. The fourth-order valence-corrected chi connectivity index (χ4v) is 4.17. The molecule has 1 fully saturated rings. The van der Waals surface area contributed by atoms with Crippen LogP contribution in [0.3, 0.4) is 0 Å². The lowest BCUT2D eigenvalue weighted by molar-refractivity contribution is 0.0758. The molecule has 1 amide bonds. The Morgan fingerprint density at radius 2 is 1.94 bits per heavy atom. The van der Waals surface area contributed by atoms with Crippen LogP contribution in [0.25, 0.3) is 11.4 Å². The summed E-state index contributed by atoms with van der Waals surface area (Å²) in [5.74, 6) is 0.416. The monoisotopic (exact) mass is 451 g/mol. The third-order valence-corrected chi connectivity index (χ3v) is 5.88. The first kappa shape index (κ1) is 22.8. The fourth-order valence-electron chi connectivity index (χ4n) is 4.17. The van der Waals surface area contributed by atoms with E-state index < -0.39 is 5.82 Å². The van der Waals surface area contributed by atoms with Crippen LogP contribution in [0.5, 0.6) is 0 Å². The van der Waals surface area contributed by atoms with Gasteiger partial charge in [-0.3, -0.25) is 4.79 Å². The molecule has 9 heteroatoms. The quantitative estimate of drug-likeness (QED) is 0.634. The molecular weight excluding hydrogens is 421 g/mol. The van der Waals surface area contributed by atoms with Crippen LogP contribution in [0.1, 0.15) is 42.5 Å². The van der Waals surface area contributed by atoms with Crippen LogP contribution in [-0.2, 0) is 0 Å². The van der Waals surface area contributed by atoms with Crippen molar-refractivity contribution in [2.45, 2.75) is 33.2 Å². The lowest BCUT2D eigenvalue weighted by Gasteiger charge is -2.21. The molecule has 0 bridgehead atoms. The largest absolute Gasteiger partial charge is 0.337 e. The molecule has 1 aliphatic rings. The van der Waals surface area contributed by atoms with E-state index in [0.29, 0.717) is 24.7 Å². The van der Waals surface area contributed by atoms with Gasteiger partial charge in [0.25, 0.3) is 5.91 Å². The van der Waals surface area contributed by atoms with Gasteiger partial charge in [-0.2, -0.15) is 0 Å². The minimum absolute atomic E-state index is 0.0797. The van der Waals surface area contributed by atoms with E-state index in [1.54, 1.807) is 23.4 Å². The van der Waals surface area contributed by atoms with Crippen LogP contribution in [-0.4, -0.2) is 68.5 Å². The summed E-state index contributed by atoms with van der Waals surface area (Å²) >= 11 is 0. The molecule has 4 rings (SSSR count). The highest BCUT2D eigenvalue weighted by molar-refractivity contribution is 5.95. The molecule has 3 heterocycles. The highest BCUT2D eigenvalue weighted by Gasteiger charge is 2.22. The molecule has 8 nitrogen and oxygen atoms in total. The van der Waals surface area contributed by atoms with Gasteiger partial charge in [0.1, 0.15) is 11.6 Å². The molecule has 0 radical (unpaired) electrons. The van der Waals surface area contributed by atoms with Gasteiger partial charge >= 0.3 is 0 Å². The Labute approximate surface area is 193 Å². The highest BCUT2D eigenvalue weighted by atomic mass is 19.1. The van der Waals surface area contributed by atoms with Crippen molar-refractivity contribution in [3.63, 3.8) is 0 Å². The summed E-state index contributed by atoms with van der Waals surface area (Å²) in [5, 5.41) is 3.05. The molecule has 1 aromatic carbocycles. The van der Waals surface area contributed by atoms with Gasteiger partial charge in [-0.05, 0) is 65.0 Å². The minimum atomic E-state index is -0.563. The fraction of sp³-hybridized carbons (Fsp3) is 0.417. The van der Waals surface area contributed by atoms with E-state index >= 15 is 0 Å². The second-order valence-electron chi connectivity index (χ2n) is 8.69. The summed E-state index contributed by atoms with van der Waals surface area (Å²) in [6.07, 6.45) is 4.33. The number of hydrogen-bond acceptors (Lipinski definition) is 6. The van der Waals surface area contributed by atoms with E-state index in [4.69, 9.17) is 0 Å². The standard InChI is InChI=1S/C24H30FN7O/c1-16(2)32-17(3)27-15-22(32)21-8-9-26-24(29-21)28-18-6-7-19(20(25)14-18)23(33)31-11-5-10-30(4)12-13-31/h6-9,14-16H,5,10-13H2,1-4H3,(H,26,28,29). The molecule has 1 aliphatic heterocycles. The molecule has 1 saturated heterocycles. The van der Waals surface area contributed by atoms with E-state index in [2.05, 4.69) is 43.6 Å². The molecule has 0 unspecified atom stereocenters. The number of carbonyl (C=O) groups excluding carboxylic acids is 1. The van der Waals surface area contributed by atoms with Crippen LogP contribution in [0.2, 0.25) is 0 Å². The van der Waals surface area contributed by atoms with Gasteiger partial charge in [-0.15, -0.1) is 0 Å². The first-order chi connectivity index (χ1) is 15.8. The average Bonchev–Trinajstić information content (AvgIpc) is 3.04. The van der Waals surface area contributed by atoms with Gasteiger partial charge in [0.2, 0.25) is 5.95 Å². The van der Waals surface area contributed by atoms with E-state index in [0.717, 1.165) is 36.7 Å². The lowest BCUT2D eigenvalue weighted by atomic mass is 10.1. The van der Waals surface area contributed by atoms with E-state index in [-0.39, 0.29) is 17.5 Å². The molecule has 33 heavy (non-hydrogen) atoms. The number of hydrogen-bond donors (Lipinski definition) is 1. The normalized spacial score (nSPS) is 15.0. The number of nitrogens with zero attached hydrogens (tertiary/aromatic N) is 6. The SMILES string of the molecule is Cc1ncc(-c2ccnc(Nc3ccc(C(=O)N4CCCN(C)CC4)c(F)c3)n2)n1C(C)C. The summed E-state index contributed by atoms with van der Waals surface area (Å²) in [6.45, 7) is 9.10. The maximum absolute atomic E-state index is 14.9. The van der Waals surface area contributed by atoms with Crippen molar-refractivity contribution in [1.82, 2.24) is 29.3 Å². The van der Waals surface area contributed by atoms with E-state index in [1.165, 1.54) is 12.1 Å². The number of aromatic nitrogens is 4. The number of amides is 1. The molecule has 1 N–H and O–H groups in total. The molecule has 0 saturated carbocycles. The molecule has 3 aromatic rings. The Bertz CT molecular complexity index is 1140. The third kappa shape index (κ3) is 5.03. The van der Waals surface area contributed by atoms with Crippen molar-refractivity contribution in [1.29, 1.82) is 0 Å². The number of carbonyl (C=O) groups is 1. The van der Waals surface area contributed by atoms with Crippen LogP contribution < -0.4 is 5.32 Å². The van der Waals surface area contributed by atoms with Crippen LogP contribution in [0, 0.1) is 12.7 Å². The smallest absolute Gasteiger partial charge is 0.256 e. The summed E-state index contributed by atoms with van der Waals surface area (Å²) in [5.41, 5.74) is 2.17. The van der Waals surface area contributed by atoms with Crippen molar-refractivity contribution in [3.8, 4) is 11.4 Å².